The molecule has 0 bridgehead atoms. The fraction of sp³-hybridized carbons (Fsp3) is 0.350. The van der Waals surface area contributed by atoms with Crippen molar-refractivity contribution in [3.63, 3.8) is 0 Å². The first-order chi connectivity index (χ1) is 13.0. The second-order valence-corrected chi connectivity index (χ2v) is 7.02. The van der Waals surface area contributed by atoms with E-state index in [1.165, 1.54) is 0 Å². The maximum Gasteiger partial charge on any atom is 0.250 e. The Morgan fingerprint density at radius 1 is 1.25 bits per heavy atom. The number of rotatable bonds is 7. The van der Waals surface area contributed by atoms with Crippen LogP contribution in [-0.2, 0) is 13.0 Å². The van der Waals surface area contributed by atoms with E-state index in [-0.39, 0.29) is 12.4 Å². The van der Waals surface area contributed by atoms with E-state index in [2.05, 4.69) is 27.5 Å². The molecule has 3 rings (SSSR count). The van der Waals surface area contributed by atoms with Gasteiger partial charge in [-0.25, -0.2) is 0 Å². The van der Waals surface area contributed by atoms with Gasteiger partial charge in [0.15, 0.2) is 5.82 Å². The molecule has 28 heavy (non-hydrogen) atoms. The molecular formula is C20H25Cl2N5O. The van der Waals surface area contributed by atoms with Crippen molar-refractivity contribution in [2.75, 3.05) is 7.05 Å². The van der Waals surface area contributed by atoms with Crippen LogP contribution in [0.25, 0.3) is 12.2 Å². The number of hydrogen-bond donors (Lipinski definition) is 1. The van der Waals surface area contributed by atoms with Crippen LogP contribution in [0.3, 0.4) is 0 Å². The van der Waals surface area contributed by atoms with Gasteiger partial charge in [-0.3, -0.25) is 4.68 Å². The first-order valence-corrected chi connectivity index (χ1v) is 9.31. The number of nitrogens with one attached hydrogen (secondary N) is 1. The van der Waals surface area contributed by atoms with E-state index in [0.29, 0.717) is 24.3 Å². The predicted molar refractivity (Wildman–Crippen MR) is 115 cm³/mol. The van der Waals surface area contributed by atoms with Crippen LogP contribution in [0.15, 0.2) is 28.8 Å². The summed E-state index contributed by atoms with van der Waals surface area (Å²) in [5.74, 6) is 1.19. The molecule has 0 aliphatic carbocycles. The molecule has 3 aromatic rings. The van der Waals surface area contributed by atoms with Crippen LogP contribution < -0.4 is 5.32 Å². The molecule has 8 heteroatoms. The highest BCUT2D eigenvalue weighted by Gasteiger charge is 2.12. The molecule has 0 saturated heterocycles. The lowest BCUT2D eigenvalue weighted by Crippen LogP contribution is -2.24. The molecule has 1 aromatic carbocycles. The zero-order valence-electron chi connectivity index (χ0n) is 16.4. The van der Waals surface area contributed by atoms with Gasteiger partial charge in [-0.15, -0.1) is 12.4 Å². The van der Waals surface area contributed by atoms with E-state index in [1.807, 2.05) is 62.0 Å². The molecule has 1 unspecified atom stereocenters. The van der Waals surface area contributed by atoms with E-state index in [4.69, 9.17) is 16.1 Å². The molecule has 0 aliphatic rings. The summed E-state index contributed by atoms with van der Waals surface area (Å²) in [6, 6.07) is 8.12. The van der Waals surface area contributed by atoms with E-state index in [1.54, 1.807) is 0 Å². The first kappa shape index (κ1) is 22.1. The molecule has 0 saturated carbocycles. The van der Waals surface area contributed by atoms with Crippen molar-refractivity contribution in [2.45, 2.75) is 39.8 Å². The Hall–Kier alpha value is -2.15. The minimum Gasteiger partial charge on any atom is -0.335 e. The van der Waals surface area contributed by atoms with E-state index in [0.717, 1.165) is 34.0 Å². The quantitative estimate of drug-likeness (QED) is 0.614. The third-order valence-electron chi connectivity index (χ3n) is 4.57. The molecule has 1 N–H and O–H groups in total. The average molecular weight is 422 g/mol. The Morgan fingerprint density at radius 2 is 2.00 bits per heavy atom. The van der Waals surface area contributed by atoms with Gasteiger partial charge in [0, 0.05) is 34.8 Å². The Balaban J connectivity index is 0.00000280. The van der Waals surface area contributed by atoms with Crippen molar-refractivity contribution >= 4 is 36.2 Å². The van der Waals surface area contributed by atoms with Gasteiger partial charge < -0.3 is 9.84 Å². The largest absolute Gasteiger partial charge is 0.335 e. The summed E-state index contributed by atoms with van der Waals surface area (Å²) in [4.78, 5) is 4.41. The van der Waals surface area contributed by atoms with Crippen LogP contribution in [-0.4, -0.2) is 33.0 Å². The zero-order chi connectivity index (χ0) is 19.4. The first-order valence-electron chi connectivity index (χ1n) is 8.93. The lowest BCUT2D eigenvalue weighted by atomic mass is 10.1. The van der Waals surface area contributed by atoms with Gasteiger partial charge >= 0.3 is 0 Å². The van der Waals surface area contributed by atoms with Crippen LogP contribution in [0.1, 0.15) is 41.2 Å². The molecule has 0 aliphatic heterocycles. The van der Waals surface area contributed by atoms with Crippen molar-refractivity contribution in [1.29, 1.82) is 0 Å². The topological polar surface area (TPSA) is 68.8 Å². The summed E-state index contributed by atoms with van der Waals surface area (Å²) in [6.07, 6.45) is 4.53. The van der Waals surface area contributed by atoms with E-state index < -0.39 is 0 Å². The van der Waals surface area contributed by atoms with Crippen LogP contribution in [0, 0.1) is 13.8 Å². The molecule has 0 radical (unpaired) electrons. The summed E-state index contributed by atoms with van der Waals surface area (Å²) in [5, 5.41) is 12.6. The molecule has 2 heterocycles. The van der Waals surface area contributed by atoms with Crippen LogP contribution >= 0.6 is 24.0 Å². The fourth-order valence-electron chi connectivity index (χ4n) is 2.84. The standard InChI is InChI=1S/C20H24ClN5O.ClH/c1-13(22-4)11-19-23-20(27-25-19)10-9-17-14(2)24-26(15(17)3)12-16-7-5-6-8-18(16)21;/h5-10,13,22H,11-12H2,1-4H3;1H/b10-9+;. The van der Waals surface area contributed by atoms with Crippen molar-refractivity contribution in [3.05, 3.63) is 63.5 Å². The summed E-state index contributed by atoms with van der Waals surface area (Å²) >= 11 is 6.28. The van der Waals surface area contributed by atoms with Gasteiger partial charge in [0.05, 0.1) is 12.2 Å². The number of halogens is 2. The van der Waals surface area contributed by atoms with Gasteiger partial charge in [-0.05, 0) is 45.5 Å². The monoisotopic (exact) mass is 421 g/mol. The van der Waals surface area contributed by atoms with Crippen molar-refractivity contribution in [3.8, 4) is 0 Å². The van der Waals surface area contributed by atoms with Gasteiger partial charge in [0.1, 0.15) is 0 Å². The third kappa shape index (κ3) is 5.22. The number of hydrogen-bond acceptors (Lipinski definition) is 5. The van der Waals surface area contributed by atoms with Crippen molar-refractivity contribution < 1.29 is 4.52 Å². The zero-order valence-corrected chi connectivity index (χ0v) is 18.0. The number of nitrogens with zero attached hydrogens (tertiary/aromatic N) is 4. The van der Waals surface area contributed by atoms with Crippen molar-refractivity contribution in [2.24, 2.45) is 0 Å². The van der Waals surface area contributed by atoms with Crippen LogP contribution in [0.2, 0.25) is 5.02 Å². The molecule has 2 aromatic heterocycles. The molecule has 0 fully saturated rings. The molecule has 0 amide bonds. The maximum absolute atomic E-state index is 6.28. The van der Waals surface area contributed by atoms with E-state index in [9.17, 15) is 0 Å². The average Bonchev–Trinajstić information content (AvgIpc) is 3.20. The highest BCUT2D eigenvalue weighted by molar-refractivity contribution is 6.31. The van der Waals surface area contributed by atoms with Gasteiger partial charge in [-0.2, -0.15) is 10.1 Å². The Kier molecular flexibility index (Phi) is 7.80. The van der Waals surface area contributed by atoms with Crippen LogP contribution in [0.4, 0.5) is 0 Å². The smallest absolute Gasteiger partial charge is 0.250 e. The molecule has 1 atom stereocenters. The minimum absolute atomic E-state index is 0. The number of aryl methyl sites for hydroxylation is 1. The number of aromatic nitrogens is 4. The Bertz CT molecular complexity index is 948. The van der Waals surface area contributed by atoms with E-state index >= 15 is 0 Å². The highest BCUT2D eigenvalue weighted by Crippen LogP contribution is 2.21. The number of likely N-dealkylation sites (N-methyl/N-ethyl adjacent to an activating group) is 1. The summed E-state index contributed by atoms with van der Waals surface area (Å²) in [5.41, 5.74) is 4.09. The van der Waals surface area contributed by atoms with Crippen LogP contribution in [0.5, 0.6) is 0 Å². The van der Waals surface area contributed by atoms with Gasteiger partial charge in [0.25, 0.3) is 5.89 Å². The predicted octanol–water partition coefficient (Wildman–Crippen LogP) is 4.33. The lowest BCUT2D eigenvalue weighted by Gasteiger charge is -2.06. The van der Waals surface area contributed by atoms with Gasteiger partial charge in [-0.1, -0.05) is 35.0 Å². The molecule has 0 spiro atoms. The highest BCUT2D eigenvalue weighted by atomic mass is 35.5. The maximum atomic E-state index is 6.28. The fourth-order valence-corrected chi connectivity index (χ4v) is 3.04. The SMILES string of the molecule is CNC(C)Cc1noc(/C=C/c2c(C)nn(Cc3ccccc3Cl)c2C)n1.Cl. The third-order valence-corrected chi connectivity index (χ3v) is 4.94. The minimum atomic E-state index is 0. The Labute approximate surface area is 176 Å². The summed E-state index contributed by atoms with van der Waals surface area (Å²) in [7, 11) is 1.91. The molecular weight excluding hydrogens is 397 g/mol. The summed E-state index contributed by atoms with van der Waals surface area (Å²) < 4.78 is 7.27. The molecule has 150 valence electrons. The van der Waals surface area contributed by atoms with Gasteiger partial charge in [0.2, 0.25) is 0 Å². The molecule has 6 nitrogen and oxygen atoms in total. The second-order valence-electron chi connectivity index (χ2n) is 6.61. The Morgan fingerprint density at radius 3 is 2.71 bits per heavy atom. The lowest BCUT2D eigenvalue weighted by molar-refractivity contribution is 0.400. The normalized spacial score (nSPS) is 12.3. The second kappa shape index (κ2) is 9.87. The summed E-state index contributed by atoms with van der Waals surface area (Å²) in [6.45, 7) is 6.74. The number of benzene rings is 1. The van der Waals surface area contributed by atoms with Crippen molar-refractivity contribution in [1.82, 2.24) is 25.2 Å².